The number of halogens is 1. The van der Waals surface area contributed by atoms with Gasteiger partial charge in [0.1, 0.15) is 17.0 Å². The fraction of sp³-hybridized carbons (Fsp3) is 0. The number of hydrogen-bond acceptors (Lipinski definition) is 5. The lowest BCUT2D eigenvalue weighted by atomic mass is 10.3. The van der Waals surface area contributed by atoms with Crippen molar-refractivity contribution in [1.82, 2.24) is 9.97 Å². The summed E-state index contributed by atoms with van der Waals surface area (Å²) in [5, 5.41) is 3.21. The molecule has 0 aliphatic carbocycles. The third-order valence-electron chi connectivity index (χ3n) is 3.55. The Morgan fingerprint density at radius 2 is 1.92 bits per heavy atom. The van der Waals surface area contributed by atoms with Crippen molar-refractivity contribution in [2.45, 2.75) is 0 Å². The highest BCUT2D eigenvalue weighted by Gasteiger charge is 2.11. The number of ether oxygens (including phenoxy) is 1. The highest BCUT2D eigenvalue weighted by atomic mass is 35.5. The van der Waals surface area contributed by atoms with E-state index in [2.05, 4.69) is 15.3 Å². The maximum absolute atomic E-state index is 12.0. The smallest absolute Gasteiger partial charge is 0.417 e. The molecule has 6 nitrogen and oxygen atoms in total. The lowest BCUT2D eigenvalue weighted by Crippen LogP contribution is -2.16. The molecule has 0 spiro atoms. The molecule has 26 heavy (non-hydrogen) atoms. The first kappa shape index (κ1) is 16.1. The number of carbonyl (C=O) groups is 1. The number of amides is 1. The predicted octanol–water partition coefficient (Wildman–Crippen LogP) is 5.15. The molecule has 4 rings (SSSR count). The molecule has 0 fully saturated rings. The molecule has 128 valence electrons. The van der Waals surface area contributed by atoms with Gasteiger partial charge in [0.05, 0.1) is 0 Å². The molecule has 7 heteroatoms. The van der Waals surface area contributed by atoms with Crippen LogP contribution in [0.4, 0.5) is 10.5 Å². The molecule has 0 unspecified atom stereocenters. The maximum Gasteiger partial charge on any atom is 0.417 e. The second-order valence-electron chi connectivity index (χ2n) is 5.38. The van der Waals surface area contributed by atoms with E-state index in [9.17, 15) is 4.79 Å². The molecule has 0 saturated heterocycles. The van der Waals surface area contributed by atoms with E-state index in [0.29, 0.717) is 39.1 Å². The van der Waals surface area contributed by atoms with Crippen LogP contribution in [0.1, 0.15) is 0 Å². The van der Waals surface area contributed by atoms with Gasteiger partial charge < -0.3 is 9.15 Å². The van der Waals surface area contributed by atoms with E-state index in [1.165, 1.54) is 0 Å². The summed E-state index contributed by atoms with van der Waals surface area (Å²) >= 11 is 5.81. The van der Waals surface area contributed by atoms with Crippen molar-refractivity contribution in [2.75, 3.05) is 5.32 Å². The number of aromatic nitrogens is 2. The standard InChI is InChI=1S/C19H12ClN3O3/c20-12-4-6-13(7-5-12)22-19(24)25-14-8-9-15-17(11-14)26-18(23-15)16-3-1-2-10-21-16/h1-11H,(H,22,24). The monoisotopic (exact) mass is 365 g/mol. The molecular formula is C19H12ClN3O3. The molecule has 0 aliphatic heterocycles. The third-order valence-corrected chi connectivity index (χ3v) is 3.80. The van der Waals surface area contributed by atoms with E-state index >= 15 is 0 Å². The molecule has 0 saturated carbocycles. The fourth-order valence-electron chi connectivity index (χ4n) is 2.35. The SMILES string of the molecule is O=C(Nc1ccc(Cl)cc1)Oc1ccc2nc(-c3ccccn3)oc2c1. The number of nitrogens with one attached hydrogen (secondary N) is 1. The van der Waals surface area contributed by atoms with Gasteiger partial charge in [-0.1, -0.05) is 17.7 Å². The molecule has 2 aromatic carbocycles. The summed E-state index contributed by atoms with van der Waals surface area (Å²) in [6.45, 7) is 0. The molecular weight excluding hydrogens is 354 g/mol. The van der Waals surface area contributed by atoms with Crippen LogP contribution in [0.2, 0.25) is 5.02 Å². The summed E-state index contributed by atoms with van der Waals surface area (Å²) in [5.74, 6) is 0.746. The van der Waals surface area contributed by atoms with Crippen LogP contribution >= 0.6 is 11.6 Å². The molecule has 2 heterocycles. The first-order valence-corrected chi connectivity index (χ1v) is 8.11. The Bertz CT molecular complexity index is 1060. The van der Waals surface area contributed by atoms with Crippen molar-refractivity contribution in [1.29, 1.82) is 0 Å². The van der Waals surface area contributed by atoms with E-state index < -0.39 is 6.09 Å². The van der Waals surface area contributed by atoms with Crippen LogP contribution in [0.15, 0.2) is 71.3 Å². The Balaban J connectivity index is 1.52. The van der Waals surface area contributed by atoms with Crippen molar-refractivity contribution in [3.63, 3.8) is 0 Å². The highest BCUT2D eigenvalue weighted by Crippen LogP contribution is 2.26. The van der Waals surface area contributed by atoms with Crippen LogP contribution in [0, 0.1) is 0 Å². The molecule has 1 N–H and O–H groups in total. The van der Waals surface area contributed by atoms with Gasteiger partial charge in [0.25, 0.3) is 0 Å². The average Bonchev–Trinajstić information content (AvgIpc) is 3.08. The van der Waals surface area contributed by atoms with Gasteiger partial charge in [-0.15, -0.1) is 0 Å². The second kappa shape index (κ2) is 6.85. The number of fused-ring (bicyclic) bond motifs is 1. The minimum absolute atomic E-state index is 0.340. The van der Waals surface area contributed by atoms with Crippen LogP contribution < -0.4 is 10.1 Å². The average molecular weight is 366 g/mol. The predicted molar refractivity (Wildman–Crippen MR) is 98.3 cm³/mol. The van der Waals surface area contributed by atoms with E-state index in [1.54, 1.807) is 48.7 Å². The van der Waals surface area contributed by atoms with Gasteiger partial charge in [-0.2, -0.15) is 0 Å². The van der Waals surface area contributed by atoms with E-state index in [0.717, 1.165) is 0 Å². The number of pyridine rings is 1. The molecule has 2 aromatic heterocycles. The van der Waals surface area contributed by atoms with Gasteiger partial charge in [0.2, 0.25) is 5.89 Å². The number of rotatable bonds is 3. The van der Waals surface area contributed by atoms with Crippen LogP contribution in [0.25, 0.3) is 22.7 Å². The number of anilines is 1. The summed E-state index contributed by atoms with van der Waals surface area (Å²) < 4.78 is 11.0. The second-order valence-corrected chi connectivity index (χ2v) is 5.82. The summed E-state index contributed by atoms with van der Waals surface area (Å²) in [4.78, 5) is 20.6. The number of oxazole rings is 1. The largest absolute Gasteiger partial charge is 0.435 e. The van der Waals surface area contributed by atoms with Gasteiger partial charge >= 0.3 is 6.09 Å². The van der Waals surface area contributed by atoms with Crippen molar-refractivity contribution in [3.8, 4) is 17.3 Å². The van der Waals surface area contributed by atoms with Crippen molar-refractivity contribution >= 4 is 34.5 Å². The summed E-state index contributed by atoms with van der Waals surface area (Å²) in [6.07, 6.45) is 1.05. The summed E-state index contributed by atoms with van der Waals surface area (Å²) in [5.41, 5.74) is 2.36. The van der Waals surface area contributed by atoms with Gasteiger partial charge in [0, 0.05) is 23.0 Å². The number of nitrogens with zero attached hydrogens (tertiary/aromatic N) is 2. The zero-order valence-electron chi connectivity index (χ0n) is 13.3. The van der Waals surface area contributed by atoms with E-state index in [4.69, 9.17) is 20.8 Å². The quantitative estimate of drug-likeness (QED) is 0.543. The Morgan fingerprint density at radius 1 is 1.08 bits per heavy atom. The Kier molecular flexibility index (Phi) is 4.25. The first-order valence-electron chi connectivity index (χ1n) is 7.74. The molecule has 0 aliphatic rings. The van der Waals surface area contributed by atoms with Gasteiger partial charge in [-0.3, -0.25) is 10.3 Å². The molecule has 0 radical (unpaired) electrons. The zero-order chi connectivity index (χ0) is 17.9. The normalized spacial score (nSPS) is 10.7. The summed E-state index contributed by atoms with van der Waals surface area (Å²) in [6, 6.07) is 17.2. The molecule has 0 bridgehead atoms. The lowest BCUT2D eigenvalue weighted by molar-refractivity contribution is 0.215. The van der Waals surface area contributed by atoms with Crippen LogP contribution in [-0.4, -0.2) is 16.1 Å². The van der Waals surface area contributed by atoms with E-state index in [-0.39, 0.29) is 0 Å². The summed E-state index contributed by atoms with van der Waals surface area (Å²) in [7, 11) is 0. The van der Waals surface area contributed by atoms with Gasteiger partial charge in [-0.05, 0) is 48.5 Å². The Labute approximate surface area is 153 Å². The minimum Gasteiger partial charge on any atom is -0.435 e. The number of hydrogen-bond donors (Lipinski definition) is 1. The molecule has 4 aromatic rings. The van der Waals surface area contributed by atoms with Crippen molar-refractivity contribution in [2.24, 2.45) is 0 Å². The van der Waals surface area contributed by atoms with E-state index in [1.807, 2.05) is 18.2 Å². The number of benzene rings is 2. The van der Waals surface area contributed by atoms with Crippen LogP contribution in [-0.2, 0) is 0 Å². The fourth-order valence-corrected chi connectivity index (χ4v) is 2.48. The third kappa shape index (κ3) is 3.50. The van der Waals surface area contributed by atoms with Crippen LogP contribution in [0.5, 0.6) is 5.75 Å². The highest BCUT2D eigenvalue weighted by molar-refractivity contribution is 6.30. The Hall–Kier alpha value is -3.38. The lowest BCUT2D eigenvalue weighted by Gasteiger charge is -2.06. The van der Waals surface area contributed by atoms with Crippen LogP contribution in [0.3, 0.4) is 0 Å². The maximum atomic E-state index is 12.0. The topological polar surface area (TPSA) is 77.2 Å². The number of carbonyl (C=O) groups excluding carboxylic acids is 1. The first-order chi connectivity index (χ1) is 12.7. The minimum atomic E-state index is -0.615. The zero-order valence-corrected chi connectivity index (χ0v) is 14.1. The molecule has 0 atom stereocenters. The van der Waals surface area contributed by atoms with Gasteiger partial charge in [-0.25, -0.2) is 9.78 Å². The van der Waals surface area contributed by atoms with Crippen molar-refractivity contribution in [3.05, 3.63) is 71.9 Å². The Morgan fingerprint density at radius 3 is 2.69 bits per heavy atom. The molecule has 1 amide bonds. The van der Waals surface area contributed by atoms with Gasteiger partial charge in [0.15, 0.2) is 5.58 Å². The van der Waals surface area contributed by atoms with Crippen molar-refractivity contribution < 1.29 is 13.9 Å².